The zero-order valence-electron chi connectivity index (χ0n) is 6.57. The van der Waals surface area contributed by atoms with Gasteiger partial charge in [0.25, 0.3) is 6.21 Å². The molecular formula is C6H10F3NO. The number of rotatable bonds is 0. The standard InChI is InChI=1S/C6H10F3NO/c1-5(2,3)10(11)4-6(7,8)9/h4H,1-3H3. The molecule has 0 saturated carbocycles. The summed E-state index contributed by atoms with van der Waals surface area (Å²) in [5, 5.41) is 10.6. The van der Waals surface area contributed by atoms with Gasteiger partial charge in [0.1, 0.15) is 0 Å². The van der Waals surface area contributed by atoms with Gasteiger partial charge in [-0.25, -0.2) is 4.74 Å². The summed E-state index contributed by atoms with van der Waals surface area (Å²) in [4.78, 5) is 0. The first-order valence-electron chi connectivity index (χ1n) is 3.02. The Bertz CT molecular complexity index is 166. The second-order valence-electron chi connectivity index (χ2n) is 3.17. The van der Waals surface area contributed by atoms with Crippen LogP contribution in [0.3, 0.4) is 0 Å². The molecule has 0 amide bonds. The molecule has 0 aromatic heterocycles. The Labute approximate surface area is 62.9 Å². The summed E-state index contributed by atoms with van der Waals surface area (Å²) in [5.74, 6) is 0. The number of alkyl halides is 3. The van der Waals surface area contributed by atoms with Crippen molar-refractivity contribution in [1.29, 1.82) is 0 Å². The Hall–Kier alpha value is -0.740. The van der Waals surface area contributed by atoms with E-state index in [2.05, 4.69) is 0 Å². The molecule has 0 aromatic rings. The lowest BCUT2D eigenvalue weighted by Gasteiger charge is -2.18. The zero-order valence-corrected chi connectivity index (χ0v) is 6.57. The molecule has 0 fully saturated rings. The fourth-order valence-electron chi connectivity index (χ4n) is 0.327. The molecular weight excluding hydrogens is 159 g/mol. The minimum absolute atomic E-state index is 0.104. The van der Waals surface area contributed by atoms with Crippen LogP contribution in [0.5, 0.6) is 0 Å². The predicted molar refractivity (Wildman–Crippen MR) is 35.5 cm³/mol. The van der Waals surface area contributed by atoms with Crippen molar-refractivity contribution in [2.75, 3.05) is 0 Å². The van der Waals surface area contributed by atoms with Gasteiger partial charge in [-0.2, -0.15) is 13.2 Å². The van der Waals surface area contributed by atoms with Crippen LogP contribution in [0, 0.1) is 5.21 Å². The van der Waals surface area contributed by atoms with Crippen molar-refractivity contribution in [3.8, 4) is 0 Å². The highest BCUT2D eigenvalue weighted by molar-refractivity contribution is 5.58. The molecule has 0 rings (SSSR count). The Balaban J connectivity index is 4.49. The quantitative estimate of drug-likeness (QED) is 0.235. The molecule has 66 valence electrons. The van der Waals surface area contributed by atoms with E-state index in [0.717, 1.165) is 0 Å². The SMILES string of the molecule is CC(C)(C)[N+]([O-])=CC(F)(F)F. The third kappa shape index (κ3) is 4.64. The molecule has 0 spiro atoms. The third-order valence-electron chi connectivity index (χ3n) is 0.925. The highest BCUT2D eigenvalue weighted by atomic mass is 19.4. The van der Waals surface area contributed by atoms with Crippen molar-refractivity contribution in [3.05, 3.63) is 5.21 Å². The van der Waals surface area contributed by atoms with Gasteiger partial charge in [0.2, 0.25) is 0 Å². The van der Waals surface area contributed by atoms with E-state index in [4.69, 9.17) is 0 Å². The van der Waals surface area contributed by atoms with Crippen molar-refractivity contribution in [1.82, 2.24) is 0 Å². The summed E-state index contributed by atoms with van der Waals surface area (Å²) in [6, 6.07) is 0. The molecule has 0 N–H and O–H groups in total. The van der Waals surface area contributed by atoms with Gasteiger partial charge in [0.05, 0.1) is 0 Å². The van der Waals surface area contributed by atoms with Crippen molar-refractivity contribution in [2.24, 2.45) is 0 Å². The zero-order chi connectivity index (χ0) is 9.28. The average molecular weight is 169 g/mol. The van der Waals surface area contributed by atoms with Crippen molar-refractivity contribution in [3.63, 3.8) is 0 Å². The normalized spacial score (nSPS) is 15.3. The lowest BCUT2D eigenvalue weighted by molar-refractivity contribution is -0.536. The van der Waals surface area contributed by atoms with E-state index in [0.29, 0.717) is 0 Å². The molecule has 0 aliphatic rings. The van der Waals surface area contributed by atoms with Gasteiger partial charge in [-0.15, -0.1) is 0 Å². The molecule has 2 nitrogen and oxygen atoms in total. The summed E-state index contributed by atoms with van der Waals surface area (Å²) in [5.41, 5.74) is -1.03. The average Bonchev–Trinajstić information content (AvgIpc) is 1.56. The van der Waals surface area contributed by atoms with Crippen LogP contribution in [-0.4, -0.2) is 22.7 Å². The van der Waals surface area contributed by atoms with Crippen LogP contribution >= 0.6 is 0 Å². The van der Waals surface area contributed by atoms with Gasteiger partial charge < -0.3 is 5.21 Å². The maximum absolute atomic E-state index is 11.5. The number of nitrogens with zero attached hydrogens (tertiary/aromatic N) is 1. The molecule has 0 aliphatic carbocycles. The maximum atomic E-state index is 11.5. The molecule has 0 saturated heterocycles. The highest BCUT2D eigenvalue weighted by Crippen LogP contribution is 2.13. The van der Waals surface area contributed by atoms with Gasteiger partial charge in [-0.3, -0.25) is 0 Å². The molecule has 0 radical (unpaired) electrons. The number of hydroxylamine groups is 1. The third-order valence-corrected chi connectivity index (χ3v) is 0.925. The topological polar surface area (TPSA) is 26.1 Å². The molecule has 0 unspecified atom stereocenters. The summed E-state index contributed by atoms with van der Waals surface area (Å²) in [6.45, 7) is 4.22. The highest BCUT2D eigenvalue weighted by Gasteiger charge is 2.32. The first kappa shape index (κ1) is 10.3. The first-order chi connectivity index (χ1) is 4.63. The van der Waals surface area contributed by atoms with Gasteiger partial charge >= 0.3 is 6.18 Å². The van der Waals surface area contributed by atoms with E-state index >= 15 is 0 Å². The minimum atomic E-state index is -4.53. The van der Waals surface area contributed by atoms with Crippen LogP contribution in [0.25, 0.3) is 0 Å². The molecule has 0 aromatic carbocycles. The smallest absolute Gasteiger partial charge is 0.470 e. The number of hydrogen-bond acceptors (Lipinski definition) is 1. The molecule has 5 heteroatoms. The van der Waals surface area contributed by atoms with E-state index in [-0.39, 0.29) is 11.0 Å². The van der Waals surface area contributed by atoms with Crippen LogP contribution in [0.2, 0.25) is 0 Å². The molecule has 0 aliphatic heterocycles. The van der Waals surface area contributed by atoms with Crippen LogP contribution in [0.4, 0.5) is 13.2 Å². The molecule has 0 atom stereocenters. The van der Waals surface area contributed by atoms with Crippen molar-refractivity contribution >= 4 is 6.21 Å². The predicted octanol–water partition coefficient (Wildman–Crippen LogP) is 1.93. The second-order valence-corrected chi connectivity index (χ2v) is 3.17. The van der Waals surface area contributed by atoms with Gasteiger partial charge in [-0.05, 0) is 0 Å². The second kappa shape index (κ2) is 2.71. The van der Waals surface area contributed by atoms with Crippen LogP contribution in [0.1, 0.15) is 20.8 Å². The van der Waals surface area contributed by atoms with E-state index < -0.39 is 11.7 Å². The monoisotopic (exact) mass is 169 g/mol. The summed E-state index contributed by atoms with van der Waals surface area (Å²) in [7, 11) is 0. The van der Waals surface area contributed by atoms with E-state index in [1.54, 1.807) is 0 Å². The summed E-state index contributed by atoms with van der Waals surface area (Å²) < 4.78 is 34.5. The maximum Gasteiger partial charge on any atom is 0.470 e. The number of halogens is 3. The Morgan fingerprint density at radius 2 is 1.55 bits per heavy atom. The van der Waals surface area contributed by atoms with Crippen molar-refractivity contribution < 1.29 is 17.9 Å². The van der Waals surface area contributed by atoms with Gasteiger partial charge in [-0.1, -0.05) is 0 Å². The fourth-order valence-corrected chi connectivity index (χ4v) is 0.327. The minimum Gasteiger partial charge on any atom is -0.623 e. The molecule has 0 heterocycles. The van der Waals surface area contributed by atoms with Crippen LogP contribution in [0.15, 0.2) is 0 Å². The van der Waals surface area contributed by atoms with Crippen LogP contribution < -0.4 is 0 Å². The van der Waals surface area contributed by atoms with Crippen LogP contribution in [-0.2, 0) is 0 Å². The summed E-state index contributed by atoms with van der Waals surface area (Å²) in [6.07, 6.45) is -4.82. The largest absolute Gasteiger partial charge is 0.623 e. The van der Waals surface area contributed by atoms with Gasteiger partial charge in [0.15, 0.2) is 5.54 Å². The van der Waals surface area contributed by atoms with E-state index in [1.165, 1.54) is 20.8 Å². The Morgan fingerprint density at radius 3 is 1.64 bits per heavy atom. The summed E-state index contributed by atoms with van der Waals surface area (Å²) >= 11 is 0. The van der Waals surface area contributed by atoms with E-state index in [1.807, 2.05) is 0 Å². The Kier molecular flexibility index (Phi) is 2.53. The number of hydrogen-bond donors (Lipinski definition) is 0. The molecule has 0 bridgehead atoms. The molecule has 11 heavy (non-hydrogen) atoms. The van der Waals surface area contributed by atoms with E-state index in [9.17, 15) is 18.4 Å². The Morgan fingerprint density at radius 1 is 1.18 bits per heavy atom. The van der Waals surface area contributed by atoms with Crippen molar-refractivity contribution in [2.45, 2.75) is 32.5 Å². The fraction of sp³-hybridized carbons (Fsp3) is 0.833. The lowest BCUT2D eigenvalue weighted by Crippen LogP contribution is -2.33. The van der Waals surface area contributed by atoms with Gasteiger partial charge in [0, 0.05) is 20.8 Å². The lowest BCUT2D eigenvalue weighted by atomic mass is 10.1. The first-order valence-corrected chi connectivity index (χ1v) is 3.02.